The Kier molecular flexibility index (Phi) is 2.79. The summed E-state index contributed by atoms with van der Waals surface area (Å²) in [6.45, 7) is 3.71. The van der Waals surface area contributed by atoms with Gasteiger partial charge in [-0.05, 0) is 24.1 Å². The molecule has 1 heterocycles. The van der Waals surface area contributed by atoms with E-state index in [1.165, 1.54) is 0 Å². The number of fused-ring (bicyclic) bond motifs is 1. The van der Waals surface area contributed by atoms with Crippen LogP contribution < -0.4 is 5.73 Å². The third kappa shape index (κ3) is 1.90. The van der Waals surface area contributed by atoms with E-state index in [4.69, 9.17) is 5.73 Å². The Morgan fingerprint density at radius 3 is 3.00 bits per heavy atom. The van der Waals surface area contributed by atoms with Gasteiger partial charge in [-0.2, -0.15) is 0 Å². The van der Waals surface area contributed by atoms with E-state index in [0.717, 1.165) is 22.9 Å². The Balaban J connectivity index is 2.55. The van der Waals surface area contributed by atoms with E-state index in [-0.39, 0.29) is 6.04 Å². The monoisotopic (exact) mass is 198 g/mol. The van der Waals surface area contributed by atoms with E-state index in [0.29, 0.717) is 0 Å². The molecule has 0 saturated heterocycles. The summed E-state index contributed by atoms with van der Waals surface area (Å²) in [6, 6.07) is 10.0. The Labute approximate surface area is 89.4 Å². The quantitative estimate of drug-likeness (QED) is 0.770. The Hall–Kier alpha value is -1.67. The van der Waals surface area contributed by atoms with Crippen molar-refractivity contribution in [3.8, 4) is 0 Å². The molecule has 2 N–H and O–H groups in total. The van der Waals surface area contributed by atoms with E-state index >= 15 is 0 Å². The van der Waals surface area contributed by atoms with Crippen LogP contribution in [0.25, 0.3) is 10.9 Å². The molecule has 76 valence electrons. The first kappa shape index (κ1) is 9.87. The second-order valence-electron chi connectivity index (χ2n) is 3.55. The van der Waals surface area contributed by atoms with Gasteiger partial charge in [0.2, 0.25) is 0 Å². The lowest BCUT2D eigenvalue weighted by Gasteiger charge is -2.12. The predicted octanol–water partition coefficient (Wildman–Crippen LogP) is 2.81. The standard InChI is InChI=1S/C13H14N2/c1-2-5-12(14)10-6-3-8-13-11(10)7-4-9-15-13/h2-4,6-9,12H,1,5,14H2/t12-/m0/s1. The third-order valence-electron chi connectivity index (χ3n) is 2.50. The maximum atomic E-state index is 6.07. The molecule has 1 aromatic heterocycles. The van der Waals surface area contributed by atoms with Crippen molar-refractivity contribution in [1.29, 1.82) is 0 Å². The topological polar surface area (TPSA) is 38.9 Å². The van der Waals surface area contributed by atoms with Crippen LogP contribution >= 0.6 is 0 Å². The van der Waals surface area contributed by atoms with Crippen molar-refractivity contribution < 1.29 is 0 Å². The van der Waals surface area contributed by atoms with Crippen LogP contribution in [0, 0.1) is 0 Å². The first-order valence-corrected chi connectivity index (χ1v) is 5.03. The highest BCUT2D eigenvalue weighted by Gasteiger charge is 2.07. The summed E-state index contributed by atoms with van der Waals surface area (Å²) in [5.41, 5.74) is 8.21. The smallest absolute Gasteiger partial charge is 0.0705 e. The lowest BCUT2D eigenvalue weighted by Crippen LogP contribution is -2.09. The number of hydrogen-bond donors (Lipinski definition) is 1. The number of nitrogens with zero attached hydrogens (tertiary/aromatic N) is 1. The molecule has 1 atom stereocenters. The van der Waals surface area contributed by atoms with Crippen LogP contribution in [0.1, 0.15) is 18.0 Å². The van der Waals surface area contributed by atoms with Crippen LogP contribution in [-0.4, -0.2) is 4.98 Å². The molecule has 0 aliphatic rings. The van der Waals surface area contributed by atoms with Gasteiger partial charge in [0.1, 0.15) is 0 Å². The largest absolute Gasteiger partial charge is 0.324 e. The average Bonchev–Trinajstić information content (AvgIpc) is 2.28. The van der Waals surface area contributed by atoms with Gasteiger partial charge in [-0.25, -0.2) is 0 Å². The highest BCUT2D eigenvalue weighted by Crippen LogP contribution is 2.23. The first-order chi connectivity index (χ1) is 7.33. The van der Waals surface area contributed by atoms with Crippen molar-refractivity contribution in [1.82, 2.24) is 4.98 Å². The zero-order valence-corrected chi connectivity index (χ0v) is 8.56. The lowest BCUT2D eigenvalue weighted by atomic mass is 10.00. The van der Waals surface area contributed by atoms with Crippen LogP contribution in [-0.2, 0) is 0 Å². The molecular weight excluding hydrogens is 184 g/mol. The summed E-state index contributed by atoms with van der Waals surface area (Å²) >= 11 is 0. The van der Waals surface area contributed by atoms with Crippen molar-refractivity contribution in [2.45, 2.75) is 12.5 Å². The zero-order chi connectivity index (χ0) is 10.7. The fraction of sp³-hybridized carbons (Fsp3) is 0.154. The molecule has 0 unspecified atom stereocenters. The molecule has 1 aromatic carbocycles. The van der Waals surface area contributed by atoms with Gasteiger partial charge in [0.05, 0.1) is 5.52 Å². The molecule has 0 aliphatic heterocycles. The van der Waals surface area contributed by atoms with Gasteiger partial charge < -0.3 is 5.73 Å². The molecule has 2 heteroatoms. The minimum atomic E-state index is 0.00963. The molecule has 2 aromatic rings. The normalized spacial score (nSPS) is 12.6. The van der Waals surface area contributed by atoms with Gasteiger partial charge in [0.15, 0.2) is 0 Å². The van der Waals surface area contributed by atoms with Gasteiger partial charge in [-0.15, -0.1) is 6.58 Å². The summed E-state index contributed by atoms with van der Waals surface area (Å²) < 4.78 is 0. The number of rotatable bonds is 3. The van der Waals surface area contributed by atoms with E-state index < -0.39 is 0 Å². The molecule has 2 nitrogen and oxygen atoms in total. The average molecular weight is 198 g/mol. The fourth-order valence-corrected chi connectivity index (χ4v) is 1.76. The second kappa shape index (κ2) is 4.24. The predicted molar refractivity (Wildman–Crippen MR) is 63.5 cm³/mol. The van der Waals surface area contributed by atoms with Crippen LogP contribution in [0.3, 0.4) is 0 Å². The van der Waals surface area contributed by atoms with Gasteiger partial charge in [-0.3, -0.25) is 4.98 Å². The third-order valence-corrected chi connectivity index (χ3v) is 2.50. The van der Waals surface area contributed by atoms with E-state index in [1.54, 1.807) is 6.20 Å². The van der Waals surface area contributed by atoms with Crippen molar-refractivity contribution in [2.24, 2.45) is 5.73 Å². The molecule has 0 spiro atoms. The van der Waals surface area contributed by atoms with E-state index in [9.17, 15) is 0 Å². The van der Waals surface area contributed by atoms with Crippen molar-refractivity contribution >= 4 is 10.9 Å². The zero-order valence-electron chi connectivity index (χ0n) is 8.56. The van der Waals surface area contributed by atoms with Crippen LogP contribution in [0.5, 0.6) is 0 Å². The van der Waals surface area contributed by atoms with Crippen molar-refractivity contribution in [3.05, 3.63) is 54.7 Å². The minimum Gasteiger partial charge on any atom is -0.324 e. The highest BCUT2D eigenvalue weighted by atomic mass is 14.7. The maximum absolute atomic E-state index is 6.07. The van der Waals surface area contributed by atoms with Crippen LogP contribution in [0.15, 0.2) is 49.2 Å². The molecule has 15 heavy (non-hydrogen) atoms. The van der Waals surface area contributed by atoms with Gasteiger partial charge in [-0.1, -0.05) is 24.3 Å². The van der Waals surface area contributed by atoms with Crippen molar-refractivity contribution in [3.63, 3.8) is 0 Å². The number of hydrogen-bond acceptors (Lipinski definition) is 2. The van der Waals surface area contributed by atoms with Gasteiger partial charge >= 0.3 is 0 Å². The summed E-state index contributed by atoms with van der Waals surface area (Å²) in [4.78, 5) is 4.30. The molecule has 0 amide bonds. The Morgan fingerprint density at radius 1 is 1.33 bits per heavy atom. The number of aromatic nitrogens is 1. The summed E-state index contributed by atoms with van der Waals surface area (Å²) in [5.74, 6) is 0. The summed E-state index contributed by atoms with van der Waals surface area (Å²) in [6.07, 6.45) is 4.43. The molecule has 0 aliphatic carbocycles. The van der Waals surface area contributed by atoms with Gasteiger partial charge in [0.25, 0.3) is 0 Å². The van der Waals surface area contributed by atoms with E-state index in [1.807, 2.05) is 24.3 Å². The second-order valence-corrected chi connectivity index (χ2v) is 3.55. The van der Waals surface area contributed by atoms with Crippen LogP contribution in [0.2, 0.25) is 0 Å². The number of pyridine rings is 1. The van der Waals surface area contributed by atoms with Crippen LogP contribution in [0.4, 0.5) is 0 Å². The minimum absolute atomic E-state index is 0.00963. The molecule has 0 radical (unpaired) electrons. The lowest BCUT2D eigenvalue weighted by molar-refractivity contribution is 0.748. The Bertz CT molecular complexity index is 471. The fourth-order valence-electron chi connectivity index (χ4n) is 1.76. The number of benzene rings is 1. The molecule has 0 fully saturated rings. The summed E-state index contributed by atoms with van der Waals surface area (Å²) in [5, 5.41) is 1.13. The highest BCUT2D eigenvalue weighted by molar-refractivity contribution is 5.82. The molecule has 0 saturated carbocycles. The first-order valence-electron chi connectivity index (χ1n) is 5.03. The number of nitrogens with two attached hydrogens (primary N) is 1. The molecular formula is C13H14N2. The maximum Gasteiger partial charge on any atom is 0.0705 e. The van der Waals surface area contributed by atoms with Gasteiger partial charge in [0, 0.05) is 17.6 Å². The summed E-state index contributed by atoms with van der Waals surface area (Å²) in [7, 11) is 0. The molecule has 0 bridgehead atoms. The Morgan fingerprint density at radius 2 is 2.20 bits per heavy atom. The SMILES string of the molecule is C=CC[C@H](N)c1cccc2ncccc12. The molecule has 2 rings (SSSR count). The van der Waals surface area contributed by atoms with E-state index in [2.05, 4.69) is 23.7 Å². The van der Waals surface area contributed by atoms with Crippen molar-refractivity contribution in [2.75, 3.05) is 0 Å².